The van der Waals surface area contributed by atoms with E-state index in [1.165, 1.54) is 19.3 Å². The average molecular weight is 348 g/mol. The summed E-state index contributed by atoms with van der Waals surface area (Å²) in [5.41, 5.74) is 4.63. The second-order valence-electron chi connectivity index (χ2n) is 6.74. The molecule has 26 heavy (non-hydrogen) atoms. The molecule has 8 heteroatoms. The van der Waals surface area contributed by atoms with Crippen molar-refractivity contribution in [3.8, 4) is 22.5 Å². The van der Waals surface area contributed by atoms with Crippen molar-refractivity contribution in [1.29, 1.82) is 0 Å². The van der Waals surface area contributed by atoms with Gasteiger partial charge in [0, 0.05) is 32.1 Å². The van der Waals surface area contributed by atoms with Crippen molar-refractivity contribution in [2.75, 3.05) is 12.4 Å². The Balaban J connectivity index is 1.70. The fourth-order valence-corrected chi connectivity index (χ4v) is 3.41. The van der Waals surface area contributed by atoms with E-state index < -0.39 is 0 Å². The SMILES string of the molecule is CNc1nn(C2CCC2)cc1-c1nc(-c2cnn(C)c2)cn2nccc12. The minimum absolute atomic E-state index is 0.498. The number of nitrogens with zero attached hydrogens (tertiary/aromatic N) is 7. The number of nitrogens with one attached hydrogen (secondary N) is 1. The molecule has 4 aromatic rings. The summed E-state index contributed by atoms with van der Waals surface area (Å²) < 4.78 is 5.72. The van der Waals surface area contributed by atoms with Gasteiger partial charge in [-0.1, -0.05) is 0 Å². The third kappa shape index (κ3) is 2.29. The second-order valence-corrected chi connectivity index (χ2v) is 6.74. The predicted molar refractivity (Wildman–Crippen MR) is 98.8 cm³/mol. The third-order valence-corrected chi connectivity index (χ3v) is 5.06. The standard InChI is InChI=1S/C18H20N8/c1-19-18-14(10-25(23-18)13-4-3-5-13)17-16-6-7-20-26(16)11-15(22-17)12-8-21-24(2)9-12/h6-11,13H,3-5H2,1-2H3,(H,19,23). The number of fused-ring (bicyclic) bond motifs is 1. The molecule has 0 atom stereocenters. The summed E-state index contributed by atoms with van der Waals surface area (Å²) in [6, 6.07) is 2.48. The highest BCUT2D eigenvalue weighted by Crippen LogP contribution is 2.36. The van der Waals surface area contributed by atoms with Gasteiger partial charge >= 0.3 is 0 Å². The molecule has 0 saturated heterocycles. The van der Waals surface area contributed by atoms with E-state index in [9.17, 15) is 0 Å². The maximum Gasteiger partial charge on any atom is 0.157 e. The summed E-state index contributed by atoms with van der Waals surface area (Å²) in [7, 11) is 3.80. The lowest BCUT2D eigenvalue weighted by Crippen LogP contribution is -2.17. The summed E-state index contributed by atoms with van der Waals surface area (Å²) in [6.45, 7) is 0. The normalized spacial score (nSPS) is 14.7. The van der Waals surface area contributed by atoms with E-state index in [4.69, 9.17) is 10.1 Å². The Labute approximate surface area is 150 Å². The van der Waals surface area contributed by atoms with Crippen LogP contribution in [0.4, 0.5) is 5.82 Å². The van der Waals surface area contributed by atoms with E-state index in [2.05, 4.69) is 26.4 Å². The highest BCUT2D eigenvalue weighted by atomic mass is 15.3. The summed E-state index contributed by atoms with van der Waals surface area (Å²) in [5, 5.41) is 16.6. The van der Waals surface area contributed by atoms with E-state index in [1.807, 2.05) is 43.3 Å². The van der Waals surface area contributed by atoms with Crippen LogP contribution in [0.25, 0.3) is 28.0 Å². The second kappa shape index (κ2) is 5.69. The zero-order valence-electron chi connectivity index (χ0n) is 14.8. The molecule has 8 nitrogen and oxygen atoms in total. The maximum absolute atomic E-state index is 4.94. The zero-order chi connectivity index (χ0) is 17.7. The Hall–Kier alpha value is -3.16. The molecule has 0 aliphatic heterocycles. The first kappa shape index (κ1) is 15.1. The van der Waals surface area contributed by atoms with Gasteiger partial charge in [-0.2, -0.15) is 15.3 Å². The molecule has 1 aliphatic carbocycles. The maximum atomic E-state index is 4.94. The van der Waals surface area contributed by atoms with Gasteiger partial charge in [-0.25, -0.2) is 9.50 Å². The van der Waals surface area contributed by atoms with Gasteiger partial charge in [0.05, 0.1) is 41.4 Å². The van der Waals surface area contributed by atoms with Crippen molar-refractivity contribution in [2.24, 2.45) is 7.05 Å². The quantitative estimate of drug-likeness (QED) is 0.613. The van der Waals surface area contributed by atoms with Gasteiger partial charge < -0.3 is 5.32 Å². The summed E-state index contributed by atoms with van der Waals surface area (Å²) in [6.07, 6.45) is 13.3. The molecule has 4 aromatic heterocycles. The molecular weight excluding hydrogens is 328 g/mol. The molecule has 4 heterocycles. The molecule has 0 spiro atoms. The van der Waals surface area contributed by atoms with E-state index in [0.717, 1.165) is 33.8 Å². The number of hydrogen-bond donors (Lipinski definition) is 1. The molecular formula is C18H20N8. The summed E-state index contributed by atoms with van der Waals surface area (Å²) in [5.74, 6) is 0.843. The Morgan fingerprint density at radius 2 is 2.04 bits per heavy atom. The van der Waals surface area contributed by atoms with Gasteiger partial charge in [0.2, 0.25) is 0 Å². The largest absolute Gasteiger partial charge is 0.371 e. The van der Waals surface area contributed by atoms with Gasteiger partial charge in [0.25, 0.3) is 0 Å². The molecule has 1 N–H and O–H groups in total. The van der Waals surface area contributed by atoms with Crippen molar-refractivity contribution in [3.05, 3.63) is 37.1 Å². The molecule has 1 fully saturated rings. The van der Waals surface area contributed by atoms with Crippen molar-refractivity contribution in [2.45, 2.75) is 25.3 Å². The minimum atomic E-state index is 0.498. The van der Waals surface area contributed by atoms with Crippen LogP contribution >= 0.6 is 0 Å². The number of rotatable bonds is 4. The van der Waals surface area contributed by atoms with Gasteiger partial charge in [0.1, 0.15) is 5.69 Å². The van der Waals surface area contributed by atoms with Crippen LogP contribution in [0.3, 0.4) is 0 Å². The van der Waals surface area contributed by atoms with Gasteiger partial charge in [0.15, 0.2) is 5.82 Å². The third-order valence-electron chi connectivity index (χ3n) is 5.06. The summed E-state index contributed by atoms with van der Waals surface area (Å²) in [4.78, 5) is 4.94. The predicted octanol–water partition coefficient (Wildman–Crippen LogP) is 2.76. The van der Waals surface area contributed by atoms with Gasteiger partial charge in [-0.15, -0.1) is 0 Å². The van der Waals surface area contributed by atoms with Crippen LogP contribution in [-0.4, -0.2) is 41.2 Å². The topological polar surface area (TPSA) is 77.9 Å². The number of hydrogen-bond acceptors (Lipinski definition) is 5. The highest BCUT2D eigenvalue weighted by Gasteiger charge is 2.24. The van der Waals surface area contributed by atoms with Crippen LogP contribution in [0.1, 0.15) is 25.3 Å². The fraction of sp³-hybridized carbons (Fsp3) is 0.333. The van der Waals surface area contributed by atoms with Crippen LogP contribution in [0.5, 0.6) is 0 Å². The van der Waals surface area contributed by atoms with Crippen molar-refractivity contribution < 1.29 is 0 Å². The lowest BCUT2D eigenvalue weighted by Gasteiger charge is -2.25. The zero-order valence-corrected chi connectivity index (χ0v) is 14.8. The van der Waals surface area contributed by atoms with Crippen LogP contribution in [0.2, 0.25) is 0 Å². The highest BCUT2D eigenvalue weighted by molar-refractivity contribution is 5.84. The van der Waals surface area contributed by atoms with Crippen molar-refractivity contribution in [1.82, 2.24) is 34.2 Å². The van der Waals surface area contributed by atoms with Crippen LogP contribution in [-0.2, 0) is 7.05 Å². The number of aryl methyl sites for hydroxylation is 1. The monoisotopic (exact) mass is 348 g/mol. The van der Waals surface area contributed by atoms with E-state index in [0.29, 0.717) is 6.04 Å². The Morgan fingerprint density at radius 1 is 1.15 bits per heavy atom. The molecule has 0 amide bonds. The molecule has 1 saturated carbocycles. The van der Waals surface area contributed by atoms with E-state index in [1.54, 1.807) is 10.9 Å². The van der Waals surface area contributed by atoms with E-state index in [-0.39, 0.29) is 0 Å². The Bertz CT molecular complexity index is 1080. The molecule has 132 valence electrons. The first-order chi connectivity index (χ1) is 12.7. The van der Waals surface area contributed by atoms with Crippen LogP contribution in [0, 0.1) is 0 Å². The Kier molecular flexibility index (Phi) is 3.31. The fourth-order valence-electron chi connectivity index (χ4n) is 3.41. The molecule has 5 rings (SSSR count). The lowest BCUT2D eigenvalue weighted by atomic mass is 9.93. The van der Waals surface area contributed by atoms with Crippen molar-refractivity contribution >= 4 is 11.3 Å². The van der Waals surface area contributed by atoms with Crippen LogP contribution < -0.4 is 5.32 Å². The smallest absolute Gasteiger partial charge is 0.157 e. The molecule has 0 radical (unpaired) electrons. The van der Waals surface area contributed by atoms with Crippen molar-refractivity contribution in [3.63, 3.8) is 0 Å². The first-order valence-electron chi connectivity index (χ1n) is 8.83. The minimum Gasteiger partial charge on any atom is -0.371 e. The molecule has 0 aromatic carbocycles. The van der Waals surface area contributed by atoms with Crippen LogP contribution in [0.15, 0.2) is 37.1 Å². The number of anilines is 1. The average Bonchev–Trinajstić information content (AvgIpc) is 3.30. The first-order valence-corrected chi connectivity index (χ1v) is 8.83. The molecule has 0 bridgehead atoms. The van der Waals surface area contributed by atoms with Gasteiger partial charge in [-0.3, -0.25) is 9.36 Å². The Morgan fingerprint density at radius 3 is 2.73 bits per heavy atom. The van der Waals surface area contributed by atoms with Gasteiger partial charge in [-0.05, 0) is 25.3 Å². The van der Waals surface area contributed by atoms with E-state index >= 15 is 0 Å². The lowest BCUT2D eigenvalue weighted by molar-refractivity contribution is 0.290. The molecule has 1 aliphatic rings. The molecule has 0 unspecified atom stereocenters. The number of aromatic nitrogens is 7. The summed E-state index contributed by atoms with van der Waals surface area (Å²) >= 11 is 0.